The standard InChI is InChI=1S/C5H11NO.C3H6O.C3H8.2CH4/c1-4(6-3)5(2)7;1-3(2)4;1-3-2;;/h4,6H,1-3H3;1-2H3;3H2,1-2H3;2*1H4. The zero-order valence-corrected chi connectivity index (χ0v) is 10.6. The summed E-state index contributed by atoms with van der Waals surface area (Å²) in [5, 5.41) is 2.81. The predicted octanol–water partition coefficient (Wildman–Crippen LogP) is 3.47. The number of hydrogen-bond donors (Lipinski definition) is 1. The maximum Gasteiger partial charge on any atom is 0.146 e. The molecule has 3 nitrogen and oxygen atoms in total. The van der Waals surface area contributed by atoms with Crippen LogP contribution in [0.5, 0.6) is 0 Å². The first-order chi connectivity index (χ1) is 6.33. The predicted molar refractivity (Wildman–Crippen MR) is 75.0 cm³/mol. The van der Waals surface area contributed by atoms with E-state index < -0.39 is 0 Å². The van der Waals surface area contributed by atoms with Gasteiger partial charge in [-0.05, 0) is 34.7 Å². The van der Waals surface area contributed by atoms with Crippen molar-refractivity contribution in [2.75, 3.05) is 7.05 Å². The molecule has 1 atom stereocenters. The van der Waals surface area contributed by atoms with Gasteiger partial charge in [-0.25, -0.2) is 0 Å². The van der Waals surface area contributed by atoms with Crippen LogP contribution in [0.3, 0.4) is 0 Å². The van der Waals surface area contributed by atoms with Crippen LogP contribution in [0, 0.1) is 0 Å². The Balaban J connectivity index is -0.0000000393. The van der Waals surface area contributed by atoms with E-state index in [0.717, 1.165) is 0 Å². The van der Waals surface area contributed by atoms with Gasteiger partial charge in [0.05, 0.1) is 6.04 Å². The molecule has 0 aromatic carbocycles. The van der Waals surface area contributed by atoms with Crippen LogP contribution >= 0.6 is 0 Å². The van der Waals surface area contributed by atoms with Crippen molar-refractivity contribution in [2.24, 2.45) is 0 Å². The average Bonchev–Trinajstić information content (AvgIpc) is 2.03. The third kappa shape index (κ3) is 71.6. The summed E-state index contributed by atoms with van der Waals surface area (Å²) in [6.45, 7) is 10.7. The molecule has 0 radical (unpaired) electrons. The molecule has 0 saturated carbocycles. The quantitative estimate of drug-likeness (QED) is 0.797. The number of likely N-dealkylation sites (N-methyl/N-ethyl adjacent to an activating group) is 1. The first-order valence-electron chi connectivity index (χ1n) is 4.98. The first-order valence-corrected chi connectivity index (χ1v) is 4.98. The van der Waals surface area contributed by atoms with Gasteiger partial charge < -0.3 is 10.1 Å². The molecule has 0 heterocycles. The van der Waals surface area contributed by atoms with Gasteiger partial charge >= 0.3 is 0 Å². The van der Waals surface area contributed by atoms with E-state index in [0.29, 0.717) is 0 Å². The van der Waals surface area contributed by atoms with Crippen LogP contribution in [0.25, 0.3) is 0 Å². The molecule has 0 spiro atoms. The van der Waals surface area contributed by atoms with E-state index in [-0.39, 0.29) is 32.5 Å². The molecule has 16 heavy (non-hydrogen) atoms. The summed E-state index contributed by atoms with van der Waals surface area (Å²) < 4.78 is 0. The number of rotatable bonds is 2. The minimum absolute atomic E-state index is 0. The highest BCUT2D eigenvalue weighted by Crippen LogP contribution is 1.77. The minimum Gasteiger partial charge on any atom is -0.311 e. The van der Waals surface area contributed by atoms with E-state index in [1.165, 1.54) is 20.3 Å². The van der Waals surface area contributed by atoms with E-state index in [1.54, 1.807) is 14.0 Å². The van der Waals surface area contributed by atoms with Crippen molar-refractivity contribution in [3.8, 4) is 0 Å². The molecule has 3 heteroatoms. The van der Waals surface area contributed by atoms with Crippen molar-refractivity contribution >= 4 is 11.6 Å². The Morgan fingerprint density at radius 1 is 1.06 bits per heavy atom. The molecular formula is C13H33NO2. The second kappa shape index (κ2) is 23.8. The second-order valence-electron chi connectivity index (χ2n) is 3.24. The van der Waals surface area contributed by atoms with Gasteiger partial charge in [0.2, 0.25) is 0 Å². The smallest absolute Gasteiger partial charge is 0.146 e. The summed E-state index contributed by atoms with van der Waals surface area (Å²) >= 11 is 0. The third-order valence-corrected chi connectivity index (χ3v) is 1.04. The molecule has 1 N–H and O–H groups in total. The lowest BCUT2D eigenvalue weighted by molar-refractivity contribution is -0.118. The molecule has 0 bridgehead atoms. The Morgan fingerprint density at radius 3 is 1.25 bits per heavy atom. The van der Waals surface area contributed by atoms with E-state index in [1.807, 2.05) is 6.92 Å². The van der Waals surface area contributed by atoms with Crippen LogP contribution < -0.4 is 5.32 Å². The van der Waals surface area contributed by atoms with Crippen molar-refractivity contribution in [2.45, 2.75) is 68.9 Å². The molecule has 0 saturated heterocycles. The Kier molecular flexibility index (Phi) is 43.9. The lowest BCUT2D eigenvalue weighted by atomic mass is 10.2. The zero-order chi connectivity index (χ0) is 12.1. The summed E-state index contributed by atoms with van der Waals surface area (Å²) in [5.74, 6) is 0.350. The van der Waals surface area contributed by atoms with Crippen LogP contribution in [-0.2, 0) is 9.59 Å². The number of carbonyl (C=O) groups is 2. The van der Waals surface area contributed by atoms with Gasteiger partial charge in [-0.1, -0.05) is 35.1 Å². The van der Waals surface area contributed by atoms with Crippen molar-refractivity contribution in [1.82, 2.24) is 5.32 Å². The Morgan fingerprint density at radius 2 is 1.25 bits per heavy atom. The highest BCUT2D eigenvalue weighted by Gasteiger charge is 2.00. The molecule has 0 aliphatic heterocycles. The molecule has 0 aliphatic rings. The fourth-order valence-electron chi connectivity index (χ4n) is 0.203. The van der Waals surface area contributed by atoms with Gasteiger partial charge in [0.1, 0.15) is 11.6 Å². The molecule has 0 aromatic rings. The molecular weight excluding hydrogens is 202 g/mol. The molecule has 0 fully saturated rings. The maximum atomic E-state index is 10.3. The van der Waals surface area contributed by atoms with Crippen LogP contribution in [0.1, 0.15) is 62.8 Å². The van der Waals surface area contributed by atoms with Crippen molar-refractivity contribution in [3.05, 3.63) is 0 Å². The average molecular weight is 235 g/mol. The first kappa shape index (κ1) is 29.5. The van der Waals surface area contributed by atoms with Crippen LogP contribution in [0.15, 0.2) is 0 Å². The monoisotopic (exact) mass is 235 g/mol. The molecule has 0 amide bonds. The van der Waals surface area contributed by atoms with Crippen LogP contribution in [-0.4, -0.2) is 24.7 Å². The largest absolute Gasteiger partial charge is 0.311 e. The lowest BCUT2D eigenvalue weighted by Crippen LogP contribution is -2.28. The van der Waals surface area contributed by atoms with Crippen LogP contribution in [0.2, 0.25) is 0 Å². The topological polar surface area (TPSA) is 46.2 Å². The number of carbonyl (C=O) groups excluding carboxylic acids is 2. The number of nitrogens with one attached hydrogen (secondary N) is 1. The minimum atomic E-state index is 0. The van der Waals surface area contributed by atoms with Crippen LogP contribution in [0.4, 0.5) is 0 Å². The van der Waals surface area contributed by atoms with Crippen molar-refractivity contribution in [1.29, 1.82) is 0 Å². The molecule has 102 valence electrons. The Labute approximate surface area is 103 Å². The SMILES string of the molecule is C.C.CC(C)=O.CCC.CNC(C)C(C)=O. The van der Waals surface area contributed by atoms with Gasteiger partial charge in [0.25, 0.3) is 0 Å². The number of ketones is 2. The zero-order valence-electron chi connectivity index (χ0n) is 10.6. The van der Waals surface area contributed by atoms with E-state index in [9.17, 15) is 9.59 Å². The summed E-state index contributed by atoms with van der Waals surface area (Å²) in [6.07, 6.45) is 1.25. The maximum absolute atomic E-state index is 10.3. The summed E-state index contributed by atoms with van der Waals surface area (Å²) in [4.78, 5) is 19.8. The van der Waals surface area contributed by atoms with Gasteiger partial charge in [0.15, 0.2) is 0 Å². The number of hydrogen-bond acceptors (Lipinski definition) is 3. The Hall–Kier alpha value is -0.700. The van der Waals surface area contributed by atoms with Gasteiger partial charge in [-0.3, -0.25) is 4.79 Å². The van der Waals surface area contributed by atoms with E-state index in [4.69, 9.17) is 0 Å². The molecule has 1 unspecified atom stereocenters. The van der Waals surface area contributed by atoms with Gasteiger partial charge in [-0.15, -0.1) is 0 Å². The summed E-state index contributed by atoms with van der Waals surface area (Å²) in [5.41, 5.74) is 0. The van der Waals surface area contributed by atoms with Gasteiger partial charge in [0, 0.05) is 0 Å². The fourth-order valence-corrected chi connectivity index (χ4v) is 0.203. The summed E-state index contributed by atoms with van der Waals surface area (Å²) in [7, 11) is 1.77. The third-order valence-electron chi connectivity index (χ3n) is 1.04. The normalized spacial score (nSPS) is 8.69. The molecule has 0 rings (SSSR count). The van der Waals surface area contributed by atoms with E-state index in [2.05, 4.69) is 19.2 Å². The highest BCUT2D eigenvalue weighted by molar-refractivity contribution is 5.80. The number of Topliss-reactive ketones (excluding diaryl/α,β-unsaturated/α-hetero) is 2. The second-order valence-corrected chi connectivity index (χ2v) is 3.24. The highest BCUT2D eigenvalue weighted by atomic mass is 16.1. The summed E-state index contributed by atoms with van der Waals surface area (Å²) in [6, 6.07) is 0.0139. The molecule has 0 aromatic heterocycles. The van der Waals surface area contributed by atoms with E-state index >= 15 is 0 Å². The van der Waals surface area contributed by atoms with Gasteiger partial charge in [-0.2, -0.15) is 0 Å². The fraction of sp³-hybridized carbons (Fsp3) is 0.846. The molecule has 0 aliphatic carbocycles. The lowest BCUT2D eigenvalue weighted by Gasteiger charge is -2.01. The van der Waals surface area contributed by atoms with Crippen molar-refractivity contribution in [3.63, 3.8) is 0 Å². The van der Waals surface area contributed by atoms with Crippen molar-refractivity contribution < 1.29 is 9.59 Å². The Bertz CT molecular complexity index is 141.